The minimum atomic E-state index is 0.000413. The first-order valence-electron chi connectivity index (χ1n) is 8.31. The van der Waals surface area contributed by atoms with Crippen LogP contribution in [0.5, 0.6) is 0 Å². The van der Waals surface area contributed by atoms with Crippen molar-refractivity contribution in [2.75, 3.05) is 13.1 Å². The Morgan fingerprint density at radius 2 is 2.04 bits per heavy atom. The maximum atomic E-state index is 12.4. The van der Waals surface area contributed by atoms with Crippen molar-refractivity contribution < 1.29 is 4.79 Å². The van der Waals surface area contributed by atoms with Gasteiger partial charge in [-0.25, -0.2) is 5.01 Å². The molecule has 24 heavy (non-hydrogen) atoms. The lowest BCUT2D eigenvalue weighted by Crippen LogP contribution is -2.41. The average molecular weight is 325 g/mol. The van der Waals surface area contributed by atoms with Crippen molar-refractivity contribution in [1.82, 2.24) is 20.1 Å². The van der Waals surface area contributed by atoms with E-state index in [-0.39, 0.29) is 24.5 Å². The van der Waals surface area contributed by atoms with Crippen molar-refractivity contribution in [2.45, 2.75) is 32.4 Å². The molecule has 2 aromatic rings. The van der Waals surface area contributed by atoms with Crippen LogP contribution in [-0.4, -0.2) is 45.5 Å². The molecule has 1 amide bonds. The minimum absolute atomic E-state index is 0.000413. The Kier molecular flexibility index (Phi) is 5.05. The van der Waals surface area contributed by atoms with Gasteiger partial charge >= 0.3 is 0 Å². The number of carbonyl (C=O) groups is 1. The second-order valence-corrected chi connectivity index (χ2v) is 6.08. The van der Waals surface area contributed by atoms with E-state index in [0.717, 1.165) is 17.7 Å². The first-order valence-corrected chi connectivity index (χ1v) is 8.31. The molecule has 6 nitrogen and oxygen atoms in total. The number of aromatic nitrogens is 2. The number of nitrogens with zero attached hydrogens (tertiary/aromatic N) is 4. The molecule has 2 heterocycles. The molecule has 0 bridgehead atoms. The second kappa shape index (κ2) is 7.40. The Balaban J connectivity index is 1.53. The van der Waals surface area contributed by atoms with Gasteiger partial charge in [0.15, 0.2) is 0 Å². The predicted molar refractivity (Wildman–Crippen MR) is 93.7 cm³/mol. The van der Waals surface area contributed by atoms with Gasteiger partial charge in [0.05, 0.1) is 24.8 Å². The summed E-state index contributed by atoms with van der Waals surface area (Å²) in [5.41, 5.74) is 2.06. The summed E-state index contributed by atoms with van der Waals surface area (Å²) in [7, 11) is 0. The Hall–Kier alpha value is -2.47. The fourth-order valence-corrected chi connectivity index (χ4v) is 2.73. The molecule has 1 aromatic carbocycles. The van der Waals surface area contributed by atoms with E-state index < -0.39 is 0 Å². The zero-order chi connectivity index (χ0) is 16.9. The van der Waals surface area contributed by atoms with Crippen LogP contribution < -0.4 is 5.32 Å². The summed E-state index contributed by atoms with van der Waals surface area (Å²) in [5.74, 6) is 0.000413. The van der Waals surface area contributed by atoms with E-state index in [0.29, 0.717) is 6.54 Å². The molecule has 1 aromatic heterocycles. The Morgan fingerprint density at radius 1 is 1.25 bits per heavy atom. The topological polar surface area (TPSA) is 62.5 Å². The fraction of sp³-hybridized carbons (Fsp3) is 0.389. The molecule has 0 radical (unpaired) electrons. The van der Waals surface area contributed by atoms with Crippen LogP contribution >= 0.6 is 0 Å². The summed E-state index contributed by atoms with van der Waals surface area (Å²) < 4.78 is 1.89. The molecule has 0 saturated heterocycles. The van der Waals surface area contributed by atoms with Crippen LogP contribution in [0.15, 0.2) is 53.9 Å². The van der Waals surface area contributed by atoms with Crippen LogP contribution in [0.25, 0.3) is 0 Å². The van der Waals surface area contributed by atoms with E-state index in [1.54, 1.807) is 11.2 Å². The summed E-state index contributed by atoms with van der Waals surface area (Å²) in [4.78, 5) is 12.4. The number of hydrogen-bond acceptors (Lipinski definition) is 4. The van der Waals surface area contributed by atoms with Gasteiger partial charge in [-0.2, -0.15) is 10.2 Å². The highest BCUT2D eigenvalue weighted by Gasteiger charge is 2.22. The number of amides is 1. The predicted octanol–water partition coefficient (Wildman–Crippen LogP) is 2.06. The van der Waals surface area contributed by atoms with E-state index >= 15 is 0 Å². The van der Waals surface area contributed by atoms with Crippen LogP contribution in [0.1, 0.15) is 31.9 Å². The summed E-state index contributed by atoms with van der Waals surface area (Å²) in [6.45, 7) is 5.06. The molecule has 1 aliphatic rings. The van der Waals surface area contributed by atoms with E-state index in [2.05, 4.69) is 29.4 Å². The largest absolute Gasteiger partial charge is 0.304 e. The van der Waals surface area contributed by atoms with Crippen molar-refractivity contribution in [1.29, 1.82) is 0 Å². The molecule has 0 spiro atoms. The average Bonchev–Trinajstić information content (AvgIpc) is 3.31. The lowest BCUT2D eigenvalue weighted by molar-refractivity contribution is -0.129. The number of benzene rings is 1. The lowest BCUT2D eigenvalue weighted by Gasteiger charge is -2.22. The Bertz CT molecular complexity index is 695. The van der Waals surface area contributed by atoms with Gasteiger partial charge in [-0.3, -0.25) is 9.48 Å². The molecular formula is C18H23N5O. The van der Waals surface area contributed by atoms with Gasteiger partial charge in [-0.1, -0.05) is 30.3 Å². The standard InChI is InChI=1S/C18H23N5O/c1-14(15(2)22-11-6-10-20-22)19-13-18(24)23-12-9-17(21-23)16-7-4-3-5-8-16/h3-8,10-11,14-15,19H,9,12-13H2,1-2H3/t14-,15+/m1/s1. The fourth-order valence-electron chi connectivity index (χ4n) is 2.73. The van der Waals surface area contributed by atoms with Crippen LogP contribution in [0.2, 0.25) is 0 Å². The van der Waals surface area contributed by atoms with Crippen LogP contribution in [0.3, 0.4) is 0 Å². The Morgan fingerprint density at radius 3 is 2.75 bits per heavy atom. The van der Waals surface area contributed by atoms with Gasteiger partial charge in [0, 0.05) is 24.9 Å². The highest BCUT2D eigenvalue weighted by Crippen LogP contribution is 2.14. The minimum Gasteiger partial charge on any atom is -0.304 e. The molecule has 0 fully saturated rings. The van der Waals surface area contributed by atoms with Gasteiger partial charge in [-0.15, -0.1) is 0 Å². The molecular weight excluding hydrogens is 302 g/mol. The summed E-state index contributed by atoms with van der Waals surface area (Å²) in [6, 6.07) is 12.2. The zero-order valence-electron chi connectivity index (χ0n) is 14.1. The van der Waals surface area contributed by atoms with Crippen molar-refractivity contribution in [3.63, 3.8) is 0 Å². The molecule has 0 saturated carbocycles. The first-order chi connectivity index (χ1) is 11.6. The van der Waals surface area contributed by atoms with Gasteiger partial charge < -0.3 is 5.32 Å². The van der Waals surface area contributed by atoms with E-state index in [1.807, 2.05) is 47.3 Å². The van der Waals surface area contributed by atoms with Crippen LogP contribution in [-0.2, 0) is 4.79 Å². The normalized spacial score (nSPS) is 16.8. The molecule has 1 N–H and O–H groups in total. The monoisotopic (exact) mass is 325 g/mol. The van der Waals surface area contributed by atoms with Gasteiger partial charge in [-0.05, 0) is 25.5 Å². The molecule has 1 aliphatic heterocycles. The number of hydrazone groups is 1. The molecule has 6 heteroatoms. The molecule has 3 rings (SSSR count). The van der Waals surface area contributed by atoms with Crippen molar-refractivity contribution in [3.05, 3.63) is 54.4 Å². The van der Waals surface area contributed by atoms with Crippen molar-refractivity contribution >= 4 is 11.6 Å². The summed E-state index contributed by atoms with van der Waals surface area (Å²) >= 11 is 0. The summed E-state index contributed by atoms with van der Waals surface area (Å²) in [5, 5.41) is 13.6. The third-order valence-corrected chi connectivity index (χ3v) is 4.44. The number of nitrogens with one attached hydrogen (secondary N) is 1. The Labute approximate surface area is 142 Å². The van der Waals surface area contributed by atoms with E-state index in [1.165, 1.54) is 0 Å². The molecule has 2 atom stereocenters. The van der Waals surface area contributed by atoms with Crippen LogP contribution in [0, 0.1) is 0 Å². The lowest BCUT2D eigenvalue weighted by atomic mass is 10.1. The molecule has 0 aliphatic carbocycles. The first kappa shape index (κ1) is 16.4. The third kappa shape index (κ3) is 3.71. The van der Waals surface area contributed by atoms with Gasteiger partial charge in [0.2, 0.25) is 0 Å². The smallest absolute Gasteiger partial charge is 0.256 e. The van der Waals surface area contributed by atoms with Crippen LogP contribution in [0.4, 0.5) is 0 Å². The van der Waals surface area contributed by atoms with Crippen molar-refractivity contribution in [3.8, 4) is 0 Å². The quantitative estimate of drug-likeness (QED) is 0.884. The number of hydrogen-bond donors (Lipinski definition) is 1. The van der Waals surface area contributed by atoms with E-state index in [9.17, 15) is 4.79 Å². The SMILES string of the molecule is C[C@@H](NCC(=O)N1CCC(c2ccccc2)=N1)[C@H](C)n1cccn1. The third-order valence-electron chi connectivity index (χ3n) is 4.44. The van der Waals surface area contributed by atoms with Gasteiger partial charge in [0.25, 0.3) is 5.91 Å². The molecule has 126 valence electrons. The molecule has 0 unspecified atom stereocenters. The number of rotatable bonds is 6. The van der Waals surface area contributed by atoms with E-state index in [4.69, 9.17) is 0 Å². The highest BCUT2D eigenvalue weighted by molar-refractivity contribution is 6.02. The maximum Gasteiger partial charge on any atom is 0.256 e. The van der Waals surface area contributed by atoms with Gasteiger partial charge in [0.1, 0.15) is 0 Å². The summed E-state index contributed by atoms with van der Waals surface area (Å²) in [6.07, 6.45) is 4.50. The van der Waals surface area contributed by atoms with Crippen molar-refractivity contribution in [2.24, 2.45) is 5.10 Å². The highest BCUT2D eigenvalue weighted by atomic mass is 16.2. The maximum absolute atomic E-state index is 12.4. The second-order valence-electron chi connectivity index (χ2n) is 6.08. The number of carbonyl (C=O) groups excluding carboxylic acids is 1. The zero-order valence-corrected chi connectivity index (χ0v) is 14.1.